The molecule has 2 aromatic carbocycles. The van der Waals surface area contributed by atoms with Crippen molar-refractivity contribution in [1.29, 1.82) is 0 Å². The number of sulfonamides is 1. The molecule has 126 valence electrons. The Labute approximate surface area is 142 Å². The van der Waals surface area contributed by atoms with E-state index in [0.717, 1.165) is 27.7 Å². The molecule has 24 heavy (non-hydrogen) atoms. The lowest BCUT2D eigenvalue weighted by Crippen LogP contribution is -2.26. The summed E-state index contributed by atoms with van der Waals surface area (Å²) < 4.78 is 30.1. The van der Waals surface area contributed by atoms with Crippen molar-refractivity contribution in [3.05, 3.63) is 58.9 Å². The van der Waals surface area contributed by atoms with Crippen molar-refractivity contribution in [3.8, 4) is 0 Å². The fraction of sp³-hybridized carbons (Fsp3) is 0.278. The molecule has 0 fully saturated rings. The van der Waals surface area contributed by atoms with E-state index in [9.17, 15) is 8.42 Å². The van der Waals surface area contributed by atoms with Crippen molar-refractivity contribution in [2.45, 2.75) is 32.2 Å². The van der Waals surface area contributed by atoms with Crippen molar-refractivity contribution >= 4 is 21.1 Å². The summed E-state index contributed by atoms with van der Waals surface area (Å²) in [4.78, 5) is 4.86. The van der Waals surface area contributed by atoms with Gasteiger partial charge in [-0.15, -0.1) is 0 Å². The summed E-state index contributed by atoms with van der Waals surface area (Å²) in [6.07, 6.45) is 0. The molecule has 3 aromatic rings. The third-order valence-electron chi connectivity index (χ3n) is 4.17. The smallest absolute Gasteiger partial charge is 0.241 e. The molecular formula is C18H21N3O2S. The first-order valence-electron chi connectivity index (χ1n) is 7.77. The van der Waals surface area contributed by atoms with Crippen LogP contribution < -0.4 is 4.72 Å². The van der Waals surface area contributed by atoms with Gasteiger partial charge in [0.15, 0.2) is 0 Å². The van der Waals surface area contributed by atoms with Gasteiger partial charge in [0.2, 0.25) is 10.0 Å². The second-order valence-electron chi connectivity index (χ2n) is 6.13. The van der Waals surface area contributed by atoms with Crippen LogP contribution >= 0.6 is 0 Å². The van der Waals surface area contributed by atoms with Gasteiger partial charge in [-0.3, -0.25) is 0 Å². The first kappa shape index (κ1) is 16.7. The summed E-state index contributed by atoms with van der Waals surface area (Å²) in [5.74, 6) is 0.683. The molecule has 1 N–H and O–H groups in total. The highest BCUT2D eigenvalue weighted by molar-refractivity contribution is 7.89. The van der Waals surface area contributed by atoms with Gasteiger partial charge in [0, 0.05) is 7.05 Å². The third-order valence-corrected chi connectivity index (χ3v) is 5.88. The van der Waals surface area contributed by atoms with Gasteiger partial charge >= 0.3 is 0 Å². The number of nitrogens with one attached hydrogen (secondary N) is 1. The topological polar surface area (TPSA) is 64.0 Å². The highest BCUT2D eigenvalue weighted by Crippen LogP contribution is 2.22. The lowest BCUT2D eigenvalue weighted by atomic mass is 10.1. The standard InChI is InChI=1S/C18H21N3O2S/c1-12-9-13(2)18(14(3)10-12)24(22,23)19-11-17-20-15-7-5-6-8-16(15)21(17)4/h5-10,19H,11H2,1-4H3. The molecule has 0 saturated carbocycles. The minimum atomic E-state index is -3.59. The van der Waals surface area contributed by atoms with Gasteiger partial charge in [-0.1, -0.05) is 29.8 Å². The van der Waals surface area contributed by atoms with Crippen LogP contribution in [-0.4, -0.2) is 18.0 Å². The van der Waals surface area contributed by atoms with E-state index in [1.807, 2.05) is 68.8 Å². The van der Waals surface area contributed by atoms with Crippen LogP contribution in [0.2, 0.25) is 0 Å². The maximum Gasteiger partial charge on any atom is 0.241 e. The number of para-hydroxylation sites is 2. The predicted octanol–water partition coefficient (Wildman–Crippen LogP) is 2.98. The molecule has 0 bridgehead atoms. The molecule has 0 amide bonds. The molecule has 0 aliphatic rings. The molecule has 0 spiro atoms. The van der Waals surface area contributed by atoms with E-state index in [-0.39, 0.29) is 6.54 Å². The number of aromatic nitrogens is 2. The zero-order valence-corrected chi connectivity index (χ0v) is 15.1. The molecule has 1 aromatic heterocycles. The van der Waals surface area contributed by atoms with Crippen LogP contribution in [0.25, 0.3) is 11.0 Å². The zero-order chi connectivity index (χ0) is 17.5. The van der Waals surface area contributed by atoms with Crippen LogP contribution in [0.5, 0.6) is 0 Å². The van der Waals surface area contributed by atoms with Gasteiger partial charge in [-0.2, -0.15) is 0 Å². The van der Waals surface area contributed by atoms with Crippen molar-refractivity contribution < 1.29 is 8.42 Å². The Morgan fingerprint density at radius 3 is 2.33 bits per heavy atom. The number of benzene rings is 2. The maximum absolute atomic E-state index is 12.7. The zero-order valence-electron chi connectivity index (χ0n) is 14.3. The van der Waals surface area contributed by atoms with E-state index >= 15 is 0 Å². The van der Waals surface area contributed by atoms with Gasteiger partial charge in [0.1, 0.15) is 5.82 Å². The summed E-state index contributed by atoms with van der Waals surface area (Å²) in [6.45, 7) is 5.76. The summed E-state index contributed by atoms with van der Waals surface area (Å²) in [7, 11) is -1.70. The number of hydrogen-bond acceptors (Lipinski definition) is 3. The molecule has 0 atom stereocenters. The minimum absolute atomic E-state index is 0.153. The average Bonchev–Trinajstić information content (AvgIpc) is 2.81. The van der Waals surface area contributed by atoms with E-state index in [0.29, 0.717) is 10.7 Å². The highest BCUT2D eigenvalue weighted by atomic mass is 32.2. The molecule has 1 heterocycles. The van der Waals surface area contributed by atoms with Gasteiger partial charge < -0.3 is 4.57 Å². The maximum atomic E-state index is 12.7. The second-order valence-corrected chi connectivity index (χ2v) is 7.83. The molecule has 5 nitrogen and oxygen atoms in total. The van der Waals surface area contributed by atoms with E-state index in [1.165, 1.54) is 0 Å². The fourth-order valence-electron chi connectivity index (χ4n) is 3.18. The Morgan fingerprint density at radius 1 is 1.08 bits per heavy atom. The van der Waals surface area contributed by atoms with Gasteiger partial charge in [0.25, 0.3) is 0 Å². The Morgan fingerprint density at radius 2 is 1.71 bits per heavy atom. The van der Waals surface area contributed by atoms with Crippen molar-refractivity contribution in [3.63, 3.8) is 0 Å². The average molecular weight is 343 g/mol. The van der Waals surface area contributed by atoms with E-state index < -0.39 is 10.0 Å². The molecule has 3 rings (SSSR count). The first-order valence-corrected chi connectivity index (χ1v) is 9.26. The van der Waals surface area contributed by atoms with Crippen LogP contribution in [0.4, 0.5) is 0 Å². The normalized spacial score (nSPS) is 12.0. The summed E-state index contributed by atoms with van der Waals surface area (Å²) in [5.41, 5.74) is 4.40. The van der Waals surface area contributed by atoms with Gasteiger partial charge in [-0.05, 0) is 44.0 Å². The lowest BCUT2D eigenvalue weighted by molar-refractivity contribution is 0.576. The quantitative estimate of drug-likeness (QED) is 0.792. The van der Waals surface area contributed by atoms with E-state index in [2.05, 4.69) is 9.71 Å². The largest absolute Gasteiger partial charge is 0.330 e. The van der Waals surface area contributed by atoms with Crippen molar-refractivity contribution in [2.24, 2.45) is 7.05 Å². The molecule has 0 saturated heterocycles. The molecule has 0 radical (unpaired) electrons. The Kier molecular flexibility index (Phi) is 4.19. The predicted molar refractivity (Wildman–Crippen MR) is 95.4 cm³/mol. The van der Waals surface area contributed by atoms with Crippen LogP contribution in [0, 0.1) is 20.8 Å². The summed E-state index contributed by atoms with van der Waals surface area (Å²) in [5, 5.41) is 0. The molecule has 0 unspecified atom stereocenters. The molecule has 0 aliphatic carbocycles. The second kappa shape index (κ2) is 6.03. The van der Waals surface area contributed by atoms with Gasteiger partial charge in [0.05, 0.1) is 22.5 Å². The summed E-state index contributed by atoms with van der Waals surface area (Å²) >= 11 is 0. The van der Waals surface area contributed by atoms with Crippen molar-refractivity contribution in [1.82, 2.24) is 14.3 Å². The molecule has 6 heteroatoms. The van der Waals surface area contributed by atoms with Crippen molar-refractivity contribution in [2.75, 3.05) is 0 Å². The number of fused-ring (bicyclic) bond motifs is 1. The lowest BCUT2D eigenvalue weighted by Gasteiger charge is -2.13. The number of rotatable bonds is 4. The number of nitrogens with zero attached hydrogens (tertiary/aromatic N) is 2. The highest BCUT2D eigenvalue weighted by Gasteiger charge is 2.20. The van der Waals surface area contributed by atoms with Gasteiger partial charge in [-0.25, -0.2) is 18.1 Å². The Balaban J connectivity index is 1.92. The number of imidazole rings is 1. The third kappa shape index (κ3) is 2.95. The molecule has 0 aliphatic heterocycles. The number of aryl methyl sites for hydroxylation is 4. The van der Waals surface area contributed by atoms with E-state index in [4.69, 9.17) is 0 Å². The summed E-state index contributed by atoms with van der Waals surface area (Å²) in [6, 6.07) is 11.5. The SMILES string of the molecule is Cc1cc(C)c(S(=O)(=O)NCc2nc3ccccc3n2C)c(C)c1. The Hall–Kier alpha value is -2.18. The number of hydrogen-bond donors (Lipinski definition) is 1. The first-order chi connectivity index (χ1) is 11.3. The monoisotopic (exact) mass is 343 g/mol. The molecular weight excluding hydrogens is 322 g/mol. The minimum Gasteiger partial charge on any atom is -0.330 e. The van der Waals surface area contributed by atoms with Crippen LogP contribution in [0.3, 0.4) is 0 Å². The van der Waals surface area contributed by atoms with Crippen LogP contribution in [-0.2, 0) is 23.6 Å². The fourth-order valence-corrected chi connectivity index (χ4v) is 4.60. The Bertz CT molecular complexity index is 997. The van der Waals surface area contributed by atoms with Crippen LogP contribution in [0.15, 0.2) is 41.3 Å². The van der Waals surface area contributed by atoms with Crippen LogP contribution in [0.1, 0.15) is 22.5 Å². The van der Waals surface area contributed by atoms with E-state index in [1.54, 1.807) is 0 Å².